The van der Waals surface area contributed by atoms with Gasteiger partial charge in [-0.1, -0.05) is 6.07 Å². The number of H-pyrrole nitrogens is 1. The van der Waals surface area contributed by atoms with Crippen LogP contribution in [0, 0.1) is 6.92 Å². The lowest BCUT2D eigenvalue weighted by Crippen LogP contribution is -2.25. The molecular formula is C14H12F3N3O. The van der Waals surface area contributed by atoms with Gasteiger partial charge in [-0.05, 0) is 36.8 Å². The average molecular weight is 295 g/mol. The molecule has 0 bridgehead atoms. The number of amidine groups is 1. The minimum atomic E-state index is -4.46. The second-order valence-electron chi connectivity index (χ2n) is 4.41. The summed E-state index contributed by atoms with van der Waals surface area (Å²) < 4.78 is 37.9. The third kappa shape index (κ3) is 3.31. The summed E-state index contributed by atoms with van der Waals surface area (Å²) in [6.45, 7) is 1.67. The lowest BCUT2D eigenvalue weighted by molar-refractivity contribution is -0.137. The van der Waals surface area contributed by atoms with Gasteiger partial charge in [0.1, 0.15) is 5.84 Å². The molecule has 0 saturated carbocycles. The summed E-state index contributed by atoms with van der Waals surface area (Å²) >= 11 is 0. The molecule has 0 aliphatic rings. The molecule has 2 aromatic rings. The summed E-state index contributed by atoms with van der Waals surface area (Å²) in [4.78, 5) is 18.0. The molecule has 0 fully saturated rings. The van der Waals surface area contributed by atoms with Crippen LogP contribution in [0.2, 0.25) is 0 Å². The van der Waals surface area contributed by atoms with E-state index in [4.69, 9.17) is 5.73 Å². The lowest BCUT2D eigenvalue weighted by Gasteiger charge is -2.07. The van der Waals surface area contributed by atoms with Crippen molar-refractivity contribution in [2.75, 3.05) is 0 Å². The molecule has 0 amide bonds. The van der Waals surface area contributed by atoms with E-state index in [1.165, 1.54) is 18.3 Å². The Kier molecular flexibility index (Phi) is 3.84. The number of halogens is 3. The number of hydrogen-bond acceptors (Lipinski definition) is 2. The van der Waals surface area contributed by atoms with Crippen LogP contribution in [0.5, 0.6) is 0 Å². The number of benzene rings is 1. The summed E-state index contributed by atoms with van der Waals surface area (Å²) in [5, 5.41) is 0. The maximum atomic E-state index is 12.6. The van der Waals surface area contributed by atoms with Crippen LogP contribution in [-0.4, -0.2) is 10.8 Å². The second-order valence-corrected chi connectivity index (χ2v) is 4.41. The number of aromatic nitrogens is 1. The van der Waals surface area contributed by atoms with Gasteiger partial charge in [0.25, 0.3) is 5.56 Å². The minimum absolute atomic E-state index is 0.0324. The molecule has 0 saturated heterocycles. The van der Waals surface area contributed by atoms with Crippen LogP contribution in [0.4, 0.5) is 18.9 Å². The number of nitrogens with one attached hydrogen (secondary N) is 1. The molecular weight excluding hydrogens is 283 g/mol. The van der Waals surface area contributed by atoms with Crippen molar-refractivity contribution in [3.63, 3.8) is 0 Å². The smallest absolute Gasteiger partial charge is 0.383 e. The number of alkyl halides is 3. The zero-order valence-corrected chi connectivity index (χ0v) is 11.0. The Labute approximate surface area is 118 Å². The minimum Gasteiger partial charge on any atom is -0.383 e. The first-order chi connectivity index (χ1) is 9.79. The highest BCUT2D eigenvalue weighted by atomic mass is 19.4. The van der Waals surface area contributed by atoms with Gasteiger partial charge in [-0.25, -0.2) is 4.99 Å². The highest BCUT2D eigenvalue weighted by Gasteiger charge is 2.30. The molecule has 0 atom stereocenters. The Balaban J connectivity index is 2.47. The Hall–Kier alpha value is -2.57. The van der Waals surface area contributed by atoms with Crippen LogP contribution in [0.15, 0.2) is 46.3 Å². The first-order valence-corrected chi connectivity index (χ1v) is 5.99. The molecule has 0 aliphatic heterocycles. The summed E-state index contributed by atoms with van der Waals surface area (Å²) in [6, 6.07) is 6.06. The second kappa shape index (κ2) is 5.43. The van der Waals surface area contributed by atoms with Crippen molar-refractivity contribution in [2.45, 2.75) is 13.1 Å². The molecule has 2 rings (SSSR count). The molecule has 21 heavy (non-hydrogen) atoms. The fourth-order valence-corrected chi connectivity index (χ4v) is 1.84. The van der Waals surface area contributed by atoms with E-state index in [-0.39, 0.29) is 17.1 Å². The van der Waals surface area contributed by atoms with Gasteiger partial charge >= 0.3 is 6.18 Å². The maximum absolute atomic E-state index is 12.6. The predicted octanol–water partition coefficient (Wildman–Crippen LogP) is 2.74. The number of nitrogens with zero attached hydrogens (tertiary/aromatic N) is 1. The van der Waals surface area contributed by atoms with Gasteiger partial charge in [0.2, 0.25) is 0 Å². The first kappa shape index (κ1) is 14.8. The van der Waals surface area contributed by atoms with E-state index in [1.54, 1.807) is 13.0 Å². The van der Waals surface area contributed by atoms with E-state index >= 15 is 0 Å². The molecule has 110 valence electrons. The van der Waals surface area contributed by atoms with Crippen LogP contribution >= 0.6 is 0 Å². The zero-order valence-electron chi connectivity index (χ0n) is 11.0. The number of rotatable bonds is 2. The van der Waals surface area contributed by atoms with Gasteiger partial charge in [0, 0.05) is 6.20 Å². The van der Waals surface area contributed by atoms with Gasteiger partial charge in [-0.2, -0.15) is 13.2 Å². The van der Waals surface area contributed by atoms with E-state index in [1.807, 2.05) is 0 Å². The molecule has 0 radical (unpaired) electrons. The molecule has 4 nitrogen and oxygen atoms in total. The summed E-state index contributed by atoms with van der Waals surface area (Å²) in [7, 11) is 0. The van der Waals surface area contributed by atoms with Crippen LogP contribution < -0.4 is 11.3 Å². The predicted molar refractivity (Wildman–Crippen MR) is 73.6 cm³/mol. The van der Waals surface area contributed by atoms with E-state index in [2.05, 4.69) is 9.98 Å². The fourth-order valence-electron chi connectivity index (χ4n) is 1.84. The summed E-state index contributed by atoms with van der Waals surface area (Å²) in [6.07, 6.45) is -3.00. The Morgan fingerprint density at radius 2 is 2.00 bits per heavy atom. The molecule has 0 unspecified atom stereocenters. The monoisotopic (exact) mass is 295 g/mol. The number of aromatic amines is 1. The fraction of sp³-hybridized carbons (Fsp3) is 0.143. The molecule has 0 aliphatic carbocycles. The van der Waals surface area contributed by atoms with Crippen molar-refractivity contribution in [3.05, 3.63) is 63.6 Å². The Morgan fingerprint density at radius 1 is 1.29 bits per heavy atom. The van der Waals surface area contributed by atoms with Gasteiger partial charge < -0.3 is 10.7 Å². The van der Waals surface area contributed by atoms with Crippen molar-refractivity contribution in [2.24, 2.45) is 10.7 Å². The number of pyridine rings is 1. The first-order valence-electron chi connectivity index (χ1n) is 5.99. The van der Waals surface area contributed by atoms with Crippen molar-refractivity contribution < 1.29 is 13.2 Å². The third-order valence-electron chi connectivity index (χ3n) is 2.85. The third-order valence-corrected chi connectivity index (χ3v) is 2.85. The molecule has 1 heterocycles. The summed E-state index contributed by atoms with van der Waals surface area (Å²) in [5.74, 6) is -0.131. The van der Waals surface area contributed by atoms with E-state index in [9.17, 15) is 18.0 Å². The van der Waals surface area contributed by atoms with Gasteiger partial charge in [0.05, 0.1) is 16.8 Å². The lowest BCUT2D eigenvalue weighted by atomic mass is 10.1. The highest BCUT2D eigenvalue weighted by molar-refractivity contribution is 5.99. The number of hydrogen-bond donors (Lipinski definition) is 2. The van der Waals surface area contributed by atoms with E-state index in [0.717, 1.165) is 12.1 Å². The zero-order chi connectivity index (χ0) is 15.6. The molecule has 1 aromatic carbocycles. The molecule has 1 aromatic heterocycles. The highest BCUT2D eigenvalue weighted by Crippen LogP contribution is 2.31. The van der Waals surface area contributed by atoms with Gasteiger partial charge in [-0.15, -0.1) is 0 Å². The van der Waals surface area contributed by atoms with E-state index < -0.39 is 17.3 Å². The van der Waals surface area contributed by atoms with Crippen LogP contribution in [0.3, 0.4) is 0 Å². The van der Waals surface area contributed by atoms with Crippen molar-refractivity contribution in [1.29, 1.82) is 0 Å². The number of aryl methyl sites for hydroxylation is 1. The summed E-state index contributed by atoms with van der Waals surface area (Å²) in [5.41, 5.74) is 5.24. The molecule has 3 N–H and O–H groups in total. The van der Waals surface area contributed by atoms with Gasteiger partial charge in [-0.3, -0.25) is 4.79 Å². The van der Waals surface area contributed by atoms with Crippen molar-refractivity contribution in [3.8, 4) is 0 Å². The van der Waals surface area contributed by atoms with Crippen LogP contribution in [0.25, 0.3) is 0 Å². The van der Waals surface area contributed by atoms with Crippen LogP contribution in [0.1, 0.15) is 16.7 Å². The van der Waals surface area contributed by atoms with Crippen molar-refractivity contribution in [1.82, 2.24) is 4.98 Å². The number of nitrogens with two attached hydrogens (primary N) is 1. The van der Waals surface area contributed by atoms with Gasteiger partial charge in [0.15, 0.2) is 0 Å². The number of aliphatic imine (C=N–C) groups is 1. The standard InChI is InChI=1S/C14H12F3N3O/c1-8-5-6-19-13(21)11(8)12(18)20-10-4-2-3-9(7-10)14(15,16)17/h2-7H,1H3,(H2,18,20)(H,19,21). The maximum Gasteiger partial charge on any atom is 0.416 e. The Bertz CT molecular complexity index is 748. The SMILES string of the molecule is Cc1cc[nH]c(=O)c1C(N)=Nc1cccc(C(F)(F)F)c1. The Morgan fingerprint density at radius 3 is 2.62 bits per heavy atom. The normalized spacial score (nSPS) is 12.5. The van der Waals surface area contributed by atoms with E-state index in [0.29, 0.717) is 5.56 Å². The topological polar surface area (TPSA) is 71.2 Å². The quantitative estimate of drug-likeness (QED) is 0.660. The van der Waals surface area contributed by atoms with Crippen LogP contribution in [-0.2, 0) is 6.18 Å². The van der Waals surface area contributed by atoms with Crippen molar-refractivity contribution >= 4 is 11.5 Å². The average Bonchev–Trinajstić information content (AvgIpc) is 2.37. The molecule has 7 heteroatoms. The largest absolute Gasteiger partial charge is 0.416 e. The molecule has 0 spiro atoms.